The third-order valence-electron chi connectivity index (χ3n) is 4.86. The Labute approximate surface area is 180 Å². The number of hydrogen-bond donors (Lipinski definition) is 1. The third kappa shape index (κ3) is 7.51. The molecule has 0 radical (unpaired) electrons. The van der Waals surface area contributed by atoms with E-state index < -0.39 is 10.0 Å². The first-order chi connectivity index (χ1) is 14.3. The number of benzene rings is 1. The van der Waals surface area contributed by atoms with Crippen LogP contribution in [0.25, 0.3) is 0 Å². The van der Waals surface area contributed by atoms with Gasteiger partial charge in [-0.15, -0.1) is 0 Å². The van der Waals surface area contributed by atoms with Crippen molar-refractivity contribution >= 4 is 16.1 Å². The molecule has 1 heterocycles. The van der Waals surface area contributed by atoms with Gasteiger partial charge in [-0.25, -0.2) is 13.2 Å². The summed E-state index contributed by atoms with van der Waals surface area (Å²) in [5.74, 6) is 0. The van der Waals surface area contributed by atoms with Gasteiger partial charge in [-0.2, -0.15) is 4.31 Å². The zero-order chi connectivity index (χ0) is 22.0. The van der Waals surface area contributed by atoms with E-state index in [1.54, 1.807) is 36.3 Å². The molecule has 2 amide bonds. The van der Waals surface area contributed by atoms with Crippen LogP contribution in [-0.4, -0.2) is 102 Å². The number of rotatable bonds is 11. The van der Waals surface area contributed by atoms with Gasteiger partial charge < -0.3 is 24.6 Å². The van der Waals surface area contributed by atoms with Crippen molar-refractivity contribution in [3.05, 3.63) is 29.8 Å². The van der Waals surface area contributed by atoms with Crippen LogP contribution in [0, 0.1) is 0 Å². The Kier molecular flexibility index (Phi) is 9.99. The summed E-state index contributed by atoms with van der Waals surface area (Å²) < 4.78 is 37.1. The zero-order valence-electron chi connectivity index (χ0n) is 18.2. The number of carbonyl (C=O) groups is 1. The van der Waals surface area contributed by atoms with E-state index in [0.717, 1.165) is 18.5 Å². The maximum atomic E-state index is 12.7. The molecule has 1 aliphatic rings. The molecule has 1 aliphatic heterocycles. The van der Waals surface area contributed by atoms with Gasteiger partial charge in [-0.05, 0) is 44.8 Å². The van der Waals surface area contributed by atoms with Crippen LogP contribution in [-0.2, 0) is 26.0 Å². The lowest BCUT2D eigenvalue weighted by Gasteiger charge is -2.26. The van der Waals surface area contributed by atoms with E-state index in [0.29, 0.717) is 52.5 Å². The van der Waals surface area contributed by atoms with Gasteiger partial charge in [0.15, 0.2) is 0 Å². The van der Waals surface area contributed by atoms with Crippen molar-refractivity contribution in [1.29, 1.82) is 0 Å². The quantitative estimate of drug-likeness (QED) is 0.546. The van der Waals surface area contributed by atoms with Crippen LogP contribution >= 0.6 is 0 Å². The molecular weight excluding hydrogens is 408 g/mol. The molecule has 0 aliphatic carbocycles. The van der Waals surface area contributed by atoms with E-state index in [1.165, 1.54) is 4.31 Å². The van der Waals surface area contributed by atoms with Crippen molar-refractivity contribution in [2.24, 2.45) is 0 Å². The molecule has 1 aromatic carbocycles. The minimum atomic E-state index is -3.51. The minimum absolute atomic E-state index is 0.157. The second kappa shape index (κ2) is 12.2. The predicted molar refractivity (Wildman–Crippen MR) is 115 cm³/mol. The van der Waals surface area contributed by atoms with Gasteiger partial charge in [0.05, 0.1) is 24.7 Å². The Hall–Kier alpha value is -1.72. The van der Waals surface area contributed by atoms with Gasteiger partial charge in [0.2, 0.25) is 10.0 Å². The normalized spacial score (nSPS) is 15.3. The number of urea groups is 1. The van der Waals surface area contributed by atoms with Crippen molar-refractivity contribution in [1.82, 2.24) is 19.4 Å². The first-order valence-corrected chi connectivity index (χ1v) is 11.6. The summed E-state index contributed by atoms with van der Waals surface area (Å²) in [5.41, 5.74) is 0.837. The smallest absolute Gasteiger partial charge is 0.317 e. The molecule has 1 fully saturated rings. The lowest BCUT2D eigenvalue weighted by atomic mass is 10.2. The molecule has 0 spiro atoms. The fraction of sp³-hybridized carbons (Fsp3) is 0.650. The van der Waals surface area contributed by atoms with E-state index in [-0.39, 0.29) is 10.9 Å². The molecule has 1 aromatic rings. The molecule has 170 valence electrons. The molecular formula is C20H34N4O5S. The SMILES string of the molecule is COCCN(CCCN(C)C)C(=O)NCc1ccc(S(=O)(=O)N2CCOCC2)cc1. The highest BCUT2D eigenvalue weighted by Gasteiger charge is 2.26. The zero-order valence-corrected chi connectivity index (χ0v) is 19.0. The Morgan fingerprint density at radius 3 is 2.40 bits per heavy atom. The van der Waals surface area contributed by atoms with Crippen molar-refractivity contribution < 1.29 is 22.7 Å². The topological polar surface area (TPSA) is 91.4 Å². The standard InChI is InChI=1S/C20H34N4O5S/c1-22(2)9-4-10-23(11-14-28-3)20(25)21-17-18-5-7-19(8-6-18)30(26,27)24-12-15-29-16-13-24/h5-8H,4,9-17H2,1-3H3,(H,21,25). The molecule has 1 N–H and O–H groups in total. The van der Waals surface area contributed by atoms with Crippen LogP contribution < -0.4 is 5.32 Å². The fourth-order valence-corrected chi connectivity index (χ4v) is 4.51. The van der Waals surface area contributed by atoms with Crippen LogP contribution in [0.3, 0.4) is 0 Å². The highest BCUT2D eigenvalue weighted by atomic mass is 32.2. The molecule has 0 aromatic heterocycles. The molecule has 2 rings (SSSR count). The Morgan fingerprint density at radius 2 is 1.80 bits per heavy atom. The summed E-state index contributed by atoms with van der Waals surface area (Å²) in [6.07, 6.45) is 0.873. The number of morpholine rings is 1. The number of amides is 2. The molecule has 1 saturated heterocycles. The summed E-state index contributed by atoms with van der Waals surface area (Å²) in [5, 5.41) is 2.91. The lowest BCUT2D eigenvalue weighted by molar-refractivity contribution is 0.0730. The molecule has 10 heteroatoms. The Morgan fingerprint density at radius 1 is 1.13 bits per heavy atom. The number of ether oxygens (including phenoxy) is 2. The van der Waals surface area contributed by atoms with E-state index >= 15 is 0 Å². The number of sulfonamides is 1. The Balaban J connectivity index is 1.91. The maximum absolute atomic E-state index is 12.7. The Bertz CT molecular complexity index is 749. The number of hydrogen-bond acceptors (Lipinski definition) is 6. The second-order valence-electron chi connectivity index (χ2n) is 7.46. The summed E-state index contributed by atoms with van der Waals surface area (Å²) in [7, 11) is 2.11. The van der Waals surface area contributed by atoms with E-state index in [9.17, 15) is 13.2 Å². The molecule has 0 bridgehead atoms. The highest BCUT2D eigenvalue weighted by Crippen LogP contribution is 2.17. The summed E-state index contributed by atoms with van der Waals surface area (Å²) in [6, 6.07) is 6.49. The number of methoxy groups -OCH3 is 1. The van der Waals surface area contributed by atoms with Crippen LogP contribution in [0.15, 0.2) is 29.2 Å². The average molecular weight is 443 g/mol. The monoisotopic (exact) mass is 442 g/mol. The average Bonchev–Trinajstić information content (AvgIpc) is 2.75. The largest absolute Gasteiger partial charge is 0.383 e. The molecule has 9 nitrogen and oxygen atoms in total. The summed E-state index contributed by atoms with van der Waals surface area (Å²) >= 11 is 0. The van der Waals surface area contributed by atoms with Crippen molar-refractivity contribution in [3.8, 4) is 0 Å². The number of nitrogens with one attached hydrogen (secondary N) is 1. The van der Waals surface area contributed by atoms with E-state index in [4.69, 9.17) is 9.47 Å². The van der Waals surface area contributed by atoms with Gasteiger partial charge >= 0.3 is 6.03 Å². The van der Waals surface area contributed by atoms with Crippen molar-refractivity contribution in [3.63, 3.8) is 0 Å². The van der Waals surface area contributed by atoms with Gasteiger partial charge in [0, 0.05) is 39.8 Å². The minimum Gasteiger partial charge on any atom is -0.383 e. The molecule has 0 saturated carbocycles. The van der Waals surface area contributed by atoms with E-state index in [1.807, 2.05) is 14.1 Å². The lowest BCUT2D eigenvalue weighted by Crippen LogP contribution is -2.42. The molecule has 0 unspecified atom stereocenters. The third-order valence-corrected chi connectivity index (χ3v) is 6.77. The van der Waals surface area contributed by atoms with Gasteiger partial charge in [-0.1, -0.05) is 12.1 Å². The van der Waals surface area contributed by atoms with Crippen LogP contribution in [0.1, 0.15) is 12.0 Å². The second-order valence-corrected chi connectivity index (χ2v) is 9.39. The fourth-order valence-electron chi connectivity index (χ4n) is 3.10. The van der Waals surface area contributed by atoms with Gasteiger partial charge in [0.25, 0.3) is 0 Å². The molecule has 0 atom stereocenters. The maximum Gasteiger partial charge on any atom is 0.317 e. The van der Waals surface area contributed by atoms with Crippen LogP contribution in [0.2, 0.25) is 0 Å². The number of nitrogens with zero attached hydrogens (tertiary/aromatic N) is 3. The predicted octanol–water partition coefficient (Wildman–Crippen LogP) is 0.817. The first-order valence-electron chi connectivity index (χ1n) is 10.2. The van der Waals surface area contributed by atoms with Gasteiger partial charge in [-0.3, -0.25) is 0 Å². The van der Waals surface area contributed by atoms with Crippen molar-refractivity contribution in [2.45, 2.75) is 17.9 Å². The molecule has 30 heavy (non-hydrogen) atoms. The highest BCUT2D eigenvalue weighted by molar-refractivity contribution is 7.89. The summed E-state index contributed by atoms with van der Waals surface area (Å²) in [6.45, 7) is 4.43. The van der Waals surface area contributed by atoms with Crippen molar-refractivity contribution in [2.75, 3.05) is 73.7 Å². The number of carbonyl (C=O) groups excluding carboxylic acids is 1. The summed E-state index contributed by atoms with van der Waals surface area (Å²) in [4.78, 5) is 16.6. The van der Waals surface area contributed by atoms with Crippen LogP contribution in [0.5, 0.6) is 0 Å². The first kappa shape index (κ1) is 24.5. The van der Waals surface area contributed by atoms with Gasteiger partial charge in [0.1, 0.15) is 0 Å². The van der Waals surface area contributed by atoms with E-state index in [2.05, 4.69) is 10.2 Å². The van der Waals surface area contributed by atoms with Crippen LogP contribution in [0.4, 0.5) is 4.79 Å².